The van der Waals surface area contributed by atoms with Crippen LogP contribution in [0.4, 0.5) is 0 Å². The fourth-order valence-corrected chi connectivity index (χ4v) is 3.40. The van der Waals surface area contributed by atoms with Crippen molar-refractivity contribution in [2.24, 2.45) is 0 Å². The molecule has 0 aliphatic carbocycles. The summed E-state index contributed by atoms with van der Waals surface area (Å²) in [6.45, 7) is 4.33. The zero-order chi connectivity index (χ0) is 14.4. The first kappa shape index (κ1) is 19.1. The maximum atomic E-state index is 11.4. The highest BCUT2D eigenvalue weighted by atomic mass is 31.2. The van der Waals surface area contributed by atoms with Crippen LogP contribution in [0.1, 0.15) is 84.5 Å². The van der Waals surface area contributed by atoms with E-state index in [9.17, 15) is 9.46 Å². The van der Waals surface area contributed by atoms with Crippen LogP contribution in [0.5, 0.6) is 0 Å². The van der Waals surface area contributed by atoms with E-state index in [2.05, 4.69) is 6.92 Å². The Morgan fingerprint density at radius 3 is 1.63 bits per heavy atom. The van der Waals surface area contributed by atoms with Gasteiger partial charge >= 0.3 is 7.60 Å². The molecule has 4 heteroatoms. The molecule has 1 N–H and O–H groups in total. The highest BCUT2D eigenvalue weighted by Gasteiger charge is 2.16. The third-order valence-electron chi connectivity index (χ3n) is 3.38. The predicted molar refractivity (Wildman–Crippen MR) is 82.8 cm³/mol. The van der Waals surface area contributed by atoms with E-state index in [0.717, 1.165) is 12.8 Å². The summed E-state index contributed by atoms with van der Waals surface area (Å²) in [5.41, 5.74) is 0. The Morgan fingerprint density at radius 2 is 1.21 bits per heavy atom. The first-order valence-corrected chi connectivity index (χ1v) is 9.85. The van der Waals surface area contributed by atoms with Crippen LogP contribution in [-0.2, 0) is 9.09 Å². The Hall–Kier alpha value is 0.150. The van der Waals surface area contributed by atoms with Crippen LogP contribution >= 0.6 is 7.60 Å². The summed E-state index contributed by atoms with van der Waals surface area (Å²) in [5, 5.41) is 0. The molecule has 0 heterocycles. The summed E-state index contributed by atoms with van der Waals surface area (Å²) < 4.78 is 16.2. The minimum atomic E-state index is -3.27. The second-order valence-corrected chi connectivity index (χ2v) is 7.29. The highest BCUT2D eigenvalue weighted by molar-refractivity contribution is 7.52. The molecule has 0 spiro atoms. The van der Waals surface area contributed by atoms with Crippen molar-refractivity contribution in [1.82, 2.24) is 0 Å². The van der Waals surface area contributed by atoms with Gasteiger partial charge in [0.25, 0.3) is 0 Å². The summed E-state index contributed by atoms with van der Waals surface area (Å²) in [7, 11) is -3.27. The van der Waals surface area contributed by atoms with Crippen LogP contribution in [-0.4, -0.2) is 17.7 Å². The summed E-state index contributed by atoms with van der Waals surface area (Å²) in [6, 6.07) is 0. The van der Waals surface area contributed by atoms with E-state index in [0.29, 0.717) is 12.8 Å². The van der Waals surface area contributed by atoms with Gasteiger partial charge in [0.2, 0.25) is 0 Å². The molecule has 0 bridgehead atoms. The molecule has 1 atom stereocenters. The van der Waals surface area contributed by atoms with Gasteiger partial charge < -0.3 is 9.42 Å². The van der Waals surface area contributed by atoms with E-state index in [1.54, 1.807) is 6.92 Å². The number of hydrogen-bond acceptors (Lipinski definition) is 2. The van der Waals surface area contributed by atoms with Crippen molar-refractivity contribution in [3.8, 4) is 0 Å². The lowest BCUT2D eigenvalue weighted by Gasteiger charge is -2.10. The molecule has 19 heavy (non-hydrogen) atoms. The van der Waals surface area contributed by atoms with Gasteiger partial charge in [0.15, 0.2) is 0 Å². The van der Waals surface area contributed by atoms with Gasteiger partial charge in [-0.15, -0.1) is 0 Å². The molecule has 3 nitrogen and oxygen atoms in total. The molecule has 0 fully saturated rings. The largest absolute Gasteiger partial charge is 0.328 e. The molecule has 0 saturated heterocycles. The fourth-order valence-electron chi connectivity index (χ4n) is 2.24. The van der Waals surface area contributed by atoms with Crippen molar-refractivity contribution in [2.75, 3.05) is 12.8 Å². The Kier molecular flexibility index (Phi) is 13.3. The molecule has 116 valence electrons. The summed E-state index contributed by atoms with van der Waals surface area (Å²) in [5.74, 6) is 0. The normalized spacial score (nSPS) is 14.5. The van der Waals surface area contributed by atoms with Crippen LogP contribution in [0.25, 0.3) is 0 Å². The van der Waals surface area contributed by atoms with Crippen molar-refractivity contribution in [2.45, 2.75) is 84.5 Å². The quantitative estimate of drug-likeness (QED) is 0.339. The molecular formula is C15H33O3P. The summed E-state index contributed by atoms with van der Waals surface area (Å²) in [4.78, 5) is 9.39. The second kappa shape index (κ2) is 13.1. The molecule has 0 rings (SSSR count). The molecule has 0 aromatic rings. The van der Waals surface area contributed by atoms with E-state index >= 15 is 0 Å². The van der Waals surface area contributed by atoms with E-state index in [-0.39, 0.29) is 0 Å². The van der Waals surface area contributed by atoms with Gasteiger partial charge in [-0.3, -0.25) is 4.57 Å². The SMILES string of the molecule is CCCCCCCCCCCCCP(=O)(O)OCC. The average Bonchev–Trinajstić information content (AvgIpc) is 2.36. The van der Waals surface area contributed by atoms with Gasteiger partial charge in [0, 0.05) is 6.16 Å². The maximum Gasteiger partial charge on any atom is 0.328 e. The van der Waals surface area contributed by atoms with Crippen molar-refractivity contribution in [3.05, 3.63) is 0 Å². The molecule has 0 radical (unpaired) electrons. The lowest BCUT2D eigenvalue weighted by molar-refractivity contribution is 0.272. The van der Waals surface area contributed by atoms with Crippen LogP contribution in [0.2, 0.25) is 0 Å². The van der Waals surface area contributed by atoms with Crippen molar-refractivity contribution < 1.29 is 14.0 Å². The monoisotopic (exact) mass is 292 g/mol. The molecule has 1 unspecified atom stereocenters. The Morgan fingerprint density at radius 1 is 0.789 bits per heavy atom. The zero-order valence-corrected chi connectivity index (χ0v) is 13.8. The third-order valence-corrected chi connectivity index (χ3v) is 4.92. The summed E-state index contributed by atoms with van der Waals surface area (Å²) in [6.07, 6.45) is 14.1. The number of rotatable bonds is 14. The van der Waals surface area contributed by atoms with E-state index < -0.39 is 7.60 Å². The van der Waals surface area contributed by atoms with E-state index in [1.165, 1.54) is 57.8 Å². The van der Waals surface area contributed by atoms with Crippen molar-refractivity contribution in [1.29, 1.82) is 0 Å². The van der Waals surface area contributed by atoms with Gasteiger partial charge in [-0.1, -0.05) is 71.1 Å². The third kappa shape index (κ3) is 14.4. The zero-order valence-electron chi connectivity index (χ0n) is 12.9. The molecule has 0 aliphatic heterocycles. The number of unbranched alkanes of at least 4 members (excludes halogenated alkanes) is 10. The highest BCUT2D eigenvalue weighted by Crippen LogP contribution is 2.42. The second-order valence-electron chi connectivity index (χ2n) is 5.31. The minimum Gasteiger partial charge on any atom is -0.324 e. The van der Waals surface area contributed by atoms with Crippen LogP contribution < -0.4 is 0 Å². The smallest absolute Gasteiger partial charge is 0.324 e. The first-order chi connectivity index (χ1) is 9.12. The minimum absolute atomic E-state index is 0.317. The predicted octanol–water partition coefficient (Wildman–Crippen LogP) is 5.52. The van der Waals surface area contributed by atoms with Gasteiger partial charge in [0.05, 0.1) is 6.61 Å². The standard InChI is InChI=1S/C15H33O3P/c1-3-5-6-7-8-9-10-11-12-13-14-15-19(16,17)18-4-2/h3-15H2,1-2H3,(H,16,17). The van der Waals surface area contributed by atoms with Gasteiger partial charge in [-0.2, -0.15) is 0 Å². The van der Waals surface area contributed by atoms with Crippen LogP contribution in [0.3, 0.4) is 0 Å². The van der Waals surface area contributed by atoms with Crippen LogP contribution in [0, 0.1) is 0 Å². The van der Waals surface area contributed by atoms with Gasteiger partial charge in [0.1, 0.15) is 0 Å². The van der Waals surface area contributed by atoms with Crippen molar-refractivity contribution >= 4 is 7.60 Å². The molecule has 0 saturated carbocycles. The molecule has 0 aromatic heterocycles. The molecular weight excluding hydrogens is 259 g/mol. The fraction of sp³-hybridized carbons (Fsp3) is 1.00. The molecule has 0 aliphatic rings. The topological polar surface area (TPSA) is 46.5 Å². The van der Waals surface area contributed by atoms with Gasteiger partial charge in [-0.05, 0) is 13.3 Å². The summed E-state index contributed by atoms with van der Waals surface area (Å²) >= 11 is 0. The molecule has 0 amide bonds. The number of hydrogen-bond donors (Lipinski definition) is 1. The Balaban J connectivity index is 3.17. The van der Waals surface area contributed by atoms with E-state index in [1.807, 2.05) is 0 Å². The van der Waals surface area contributed by atoms with E-state index in [4.69, 9.17) is 4.52 Å². The van der Waals surface area contributed by atoms with Crippen LogP contribution in [0.15, 0.2) is 0 Å². The average molecular weight is 292 g/mol. The van der Waals surface area contributed by atoms with Gasteiger partial charge in [-0.25, -0.2) is 0 Å². The first-order valence-electron chi connectivity index (χ1n) is 8.08. The maximum absolute atomic E-state index is 11.4. The Labute approximate surface area is 119 Å². The lowest BCUT2D eigenvalue weighted by Crippen LogP contribution is -1.94. The lowest BCUT2D eigenvalue weighted by atomic mass is 10.1. The molecule has 0 aromatic carbocycles. The Bertz CT molecular complexity index is 231. The van der Waals surface area contributed by atoms with Crippen molar-refractivity contribution in [3.63, 3.8) is 0 Å².